The van der Waals surface area contributed by atoms with Crippen molar-refractivity contribution in [2.24, 2.45) is 0 Å². The predicted octanol–water partition coefficient (Wildman–Crippen LogP) is 2.06. The number of anilines is 2. The van der Waals surface area contributed by atoms with Crippen LogP contribution in [0.4, 0.5) is 11.6 Å². The van der Waals surface area contributed by atoms with Gasteiger partial charge in [-0.2, -0.15) is 0 Å². The number of amides is 1. The number of carbonyl (C=O) groups is 1. The van der Waals surface area contributed by atoms with E-state index in [2.05, 4.69) is 46.5 Å². The van der Waals surface area contributed by atoms with Gasteiger partial charge in [-0.25, -0.2) is 9.97 Å². The highest BCUT2D eigenvalue weighted by Gasteiger charge is 2.32. The number of aromatic nitrogens is 2. The van der Waals surface area contributed by atoms with Crippen LogP contribution >= 0.6 is 0 Å². The summed E-state index contributed by atoms with van der Waals surface area (Å²) in [6.07, 6.45) is 4.06. The molecule has 2 heterocycles. The smallest absolute Gasteiger partial charge is 0.245 e. The number of nitrogens with one attached hydrogen (secondary N) is 1. The van der Waals surface area contributed by atoms with Gasteiger partial charge in [-0.1, -0.05) is 29.8 Å². The summed E-state index contributed by atoms with van der Waals surface area (Å²) in [5.74, 6) is 1.51. The highest BCUT2D eigenvalue weighted by Crippen LogP contribution is 2.23. The second-order valence-electron chi connectivity index (χ2n) is 6.35. The van der Waals surface area contributed by atoms with E-state index in [-0.39, 0.29) is 11.9 Å². The number of hydrogen-bond donors (Lipinski definition) is 1. The first-order valence-electron chi connectivity index (χ1n) is 8.14. The lowest BCUT2D eigenvalue weighted by molar-refractivity contribution is -0.128. The van der Waals surface area contributed by atoms with Gasteiger partial charge in [0.25, 0.3) is 0 Å². The molecule has 126 valence electrons. The van der Waals surface area contributed by atoms with Gasteiger partial charge < -0.3 is 15.1 Å². The summed E-state index contributed by atoms with van der Waals surface area (Å²) in [6.45, 7) is 3.47. The van der Waals surface area contributed by atoms with Crippen molar-refractivity contribution >= 4 is 17.5 Å². The molecule has 1 aromatic heterocycles. The van der Waals surface area contributed by atoms with E-state index in [0.717, 1.165) is 24.3 Å². The summed E-state index contributed by atoms with van der Waals surface area (Å²) in [5, 5.41) is 3.26. The minimum Gasteiger partial charge on any atom is -0.360 e. The van der Waals surface area contributed by atoms with Crippen molar-refractivity contribution in [3.63, 3.8) is 0 Å². The summed E-state index contributed by atoms with van der Waals surface area (Å²) >= 11 is 0. The van der Waals surface area contributed by atoms with Gasteiger partial charge in [-0.05, 0) is 18.9 Å². The Hall–Kier alpha value is -2.63. The van der Waals surface area contributed by atoms with Crippen LogP contribution < -0.4 is 10.2 Å². The van der Waals surface area contributed by atoms with Crippen molar-refractivity contribution in [3.05, 3.63) is 47.8 Å². The van der Waals surface area contributed by atoms with Crippen molar-refractivity contribution < 1.29 is 4.79 Å². The molecule has 3 rings (SSSR count). The van der Waals surface area contributed by atoms with E-state index in [1.807, 2.05) is 23.9 Å². The summed E-state index contributed by atoms with van der Waals surface area (Å²) in [6, 6.07) is 8.07. The van der Waals surface area contributed by atoms with Gasteiger partial charge in [0.2, 0.25) is 5.91 Å². The van der Waals surface area contributed by atoms with Crippen LogP contribution in [0.2, 0.25) is 0 Å². The lowest BCUT2D eigenvalue weighted by atomic mass is 10.1. The Bertz CT molecular complexity index is 714. The third-order valence-electron chi connectivity index (χ3n) is 4.20. The van der Waals surface area contributed by atoms with Crippen LogP contribution in [0.1, 0.15) is 17.5 Å². The molecular weight excluding hydrogens is 302 g/mol. The molecule has 1 aliphatic rings. The maximum absolute atomic E-state index is 12.7. The van der Waals surface area contributed by atoms with E-state index >= 15 is 0 Å². The van der Waals surface area contributed by atoms with Gasteiger partial charge in [-0.15, -0.1) is 0 Å². The maximum Gasteiger partial charge on any atom is 0.245 e. The van der Waals surface area contributed by atoms with Crippen molar-refractivity contribution in [1.82, 2.24) is 14.9 Å². The largest absolute Gasteiger partial charge is 0.360 e. The highest BCUT2D eigenvalue weighted by molar-refractivity contribution is 5.87. The van der Waals surface area contributed by atoms with E-state index in [9.17, 15) is 4.79 Å². The molecule has 1 atom stereocenters. The Kier molecular flexibility index (Phi) is 4.64. The number of likely N-dealkylation sites (tertiary alicyclic amines) is 1. The van der Waals surface area contributed by atoms with Crippen LogP contribution in [0.5, 0.6) is 0 Å². The number of carbonyl (C=O) groups excluding carboxylic acids is 1. The monoisotopic (exact) mass is 325 g/mol. The van der Waals surface area contributed by atoms with E-state index < -0.39 is 0 Å². The van der Waals surface area contributed by atoms with Gasteiger partial charge in [0, 0.05) is 39.6 Å². The average molecular weight is 325 g/mol. The van der Waals surface area contributed by atoms with Crippen LogP contribution in [-0.2, 0) is 11.3 Å². The lowest BCUT2D eigenvalue weighted by Gasteiger charge is -2.20. The predicted molar refractivity (Wildman–Crippen MR) is 95.0 cm³/mol. The van der Waals surface area contributed by atoms with Crippen molar-refractivity contribution in [1.29, 1.82) is 0 Å². The number of hydrogen-bond acceptors (Lipinski definition) is 5. The van der Waals surface area contributed by atoms with Gasteiger partial charge in [0.1, 0.15) is 6.04 Å². The van der Waals surface area contributed by atoms with Crippen LogP contribution in [0.3, 0.4) is 0 Å². The topological polar surface area (TPSA) is 61.4 Å². The third-order valence-corrected chi connectivity index (χ3v) is 4.20. The summed E-state index contributed by atoms with van der Waals surface area (Å²) in [4.78, 5) is 25.1. The Morgan fingerprint density at radius 3 is 2.62 bits per heavy atom. The van der Waals surface area contributed by atoms with E-state index in [1.165, 1.54) is 5.56 Å². The van der Waals surface area contributed by atoms with E-state index in [4.69, 9.17) is 0 Å². The van der Waals surface area contributed by atoms with Gasteiger partial charge in [0.15, 0.2) is 11.6 Å². The second kappa shape index (κ2) is 6.86. The highest BCUT2D eigenvalue weighted by atomic mass is 16.2. The Balaban J connectivity index is 1.67. The molecule has 24 heavy (non-hydrogen) atoms. The molecule has 1 saturated heterocycles. The molecule has 0 radical (unpaired) electrons. The van der Waals surface area contributed by atoms with Crippen LogP contribution in [-0.4, -0.2) is 47.5 Å². The standard InChI is InChI=1S/C18H23N5O/c1-13-4-6-14(7-5-13)12-23-11-8-15(18(23)24)21-16-17(22(2)3)20-10-9-19-16/h4-7,9-10,15H,8,11-12H2,1-3H3,(H,19,21). The molecule has 0 aliphatic carbocycles. The fraction of sp³-hybridized carbons (Fsp3) is 0.389. The number of aryl methyl sites for hydroxylation is 1. The summed E-state index contributed by atoms with van der Waals surface area (Å²) in [5.41, 5.74) is 2.38. The van der Waals surface area contributed by atoms with Gasteiger partial charge in [-0.3, -0.25) is 4.79 Å². The first kappa shape index (κ1) is 16.2. The number of nitrogens with zero attached hydrogens (tertiary/aromatic N) is 4. The molecule has 1 amide bonds. The molecule has 1 aromatic carbocycles. The molecule has 6 nitrogen and oxygen atoms in total. The molecule has 0 bridgehead atoms. The first-order valence-corrected chi connectivity index (χ1v) is 8.14. The molecular formula is C18H23N5O. The normalized spacial score (nSPS) is 17.2. The molecule has 0 saturated carbocycles. The van der Waals surface area contributed by atoms with Gasteiger partial charge in [0.05, 0.1) is 0 Å². The summed E-state index contributed by atoms with van der Waals surface area (Å²) in [7, 11) is 3.82. The minimum absolute atomic E-state index is 0.117. The Morgan fingerprint density at radius 2 is 1.92 bits per heavy atom. The number of benzene rings is 1. The van der Waals surface area contributed by atoms with Crippen molar-refractivity contribution in [2.75, 3.05) is 30.9 Å². The second-order valence-corrected chi connectivity index (χ2v) is 6.35. The van der Waals surface area contributed by atoms with Gasteiger partial charge >= 0.3 is 0 Å². The zero-order valence-electron chi connectivity index (χ0n) is 14.4. The Morgan fingerprint density at radius 1 is 1.21 bits per heavy atom. The molecule has 1 fully saturated rings. The first-order chi connectivity index (χ1) is 11.5. The molecule has 1 N–H and O–H groups in total. The van der Waals surface area contributed by atoms with E-state index in [0.29, 0.717) is 12.4 Å². The van der Waals surface area contributed by atoms with E-state index in [1.54, 1.807) is 12.4 Å². The number of rotatable bonds is 5. The minimum atomic E-state index is -0.245. The average Bonchev–Trinajstić information content (AvgIpc) is 2.90. The molecule has 1 unspecified atom stereocenters. The molecule has 1 aliphatic heterocycles. The fourth-order valence-corrected chi connectivity index (χ4v) is 2.87. The van der Waals surface area contributed by atoms with Crippen molar-refractivity contribution in [2.45, 2.75) is 25.9 Å². The summed E-state index contributed by atoms with van der Waals surface area (Å²) < 4.78 is 0. The quantitative estimate of drug-likeness (QED) is 0.912. The fourth-order valence-electron chi connectivity index (χ4n) is 2.87. The Labute approximate surface area is 142 Å². The maximum atomic E-state index is 12.7. The molecule has 2 aromatic rings. The SMILES string of the molecule is Cc1ccc(CN2CCC(Nc3nccnc3N(C)C)C2=O)cc1. The third kappa shape index (κ3) is 3.48. The van der Waals surface area contributed by atoms with Crippen LogP contribution in [0, 0.1) is 6.92 Å². The lowest BCUT2D eigenvalue weighted by Crippen LogP contribution is -2.33. The van der Waals surface area contributed by atoms with Crippen LogP contribution in [0.15, 0.2) is 36.7 Å². The zero-order chi connectivity index (χ0) is 17.1. The van der Waals surface area contributed by atoms with Crippen LogP contribution in [0.25, 0.3) is 0 Å². The van der Waals surface area contributed by atoms with Crippen molar-refractivity contribution in [3.8, 4) is 0 Å². The zero-order valence-corrected chi connectivity index (χ0v) is 14.4. The molecule has 6 heteroatoms. The molecule has 0 spiro atoms.